The van der Waals surface area contributed by atoms with Gasteiger partial charge in [0.1, 0.15) is 5.75 Å². The Kier molecular flexibility index (Phi) is 4.10. The lowest BCUT2D eigenvalue weighted by Crippen LogP contribution is -2.46. The highest BCUT2D eigenvalue weighted by molar-refractivity contribution is 5.90. The van der Waals surface area contributed by atoms with E-state index in [-0.39, 0.29) is 11.3 Å². The first-order valence-electron chi connectivity index (χ1n) is 7.66. The summed E-state index contributed by atoms with van der Waals surface area (Å²) >= 11 is 0. The van der Waals surface area contributed by atoms with Crippen molar-refractivity contribution in [1.82, 2.24) is 4.90 Å². The fourth-order valence-corrected chi connectivity index (χ4v) is 2.85. The minimum Gasteiger partial charge on any atom is -0.472 e. The van der Waals surface area contributed by atoms with Crippen LogP contribution in [-0.4, -0.2) is 31.2 Å². The van der Waals surface area contributed by atoms with Crippen molar-refractivity contribution < 1.29 is 22.7 Å². The van der Waals surface area contributed by atoms with Crippen LogP contribution in [0.3, 0.4) is 0 Å². The second-order valence-electron chi connectivity index (χ2n) is 6.08. The quantitative estimate of drug-likeness (QED) is 0.883. The van der Waals surface area contributed by atoms with Crippen LogP contribution in [0.1, 0.15) is 11.1 Å². The molecule has 0 aromatic heterocycles. The molecule has 0 fully saturated rings. The van der Waals surface area contributed by atoms with Crippen molar-refractivity contribution in [1.29, 1.82) is 0 Å². The lowest BCUT2D eigenvalue weighted by Gasteiger charge is -2.31. The number of hydrogen-bond donors (Lipinski definition) is 1. The number of urea groups is 1. The Morgan fingerprint density at radius 2 is 1.80 bits per heavy atom. The highest BCUT2D eigenvalue weighted by Gasteiger charge is 2.61. The molecule has 0 spiro atoms. The van der Waals surface area contributed by atoms with Crippen molar-refractivity contribution in [2.24, 2.45) is 0 Å². The number of fused-ring (bicyclic) bond motifs is 1. The molecular weight excluding hydrogens is 333 g/mol. The highest BCUT2D eigenvalue weighted by atomic mass is 19.4. The van der Waals surface area contributed by atoms with Gasteiger partial charge in [-0.2, -0.15) is 13.2 Å². The number of benzene rings is 2. The normalized spacial score (nSPS) is 19.1. The highest BCUT2D eigenvalue weighted by Crippen LogP contribution is 2.52. The Bertz CT molecular complexity index is 791. The summed E-state index contributed by atoms with van der Waals surface area (Å²) in [5.74, 6) is 0.123. The lowest BCUT2D eigenvalue weighted by atomic mass is 9.88. The molecule has 1 aliphatic rings. The van der Waals surface area contributed by atoms with E-state index in [1.165, 1.54) is 23.1 Å². The molecule has 0 radical (unpaired) electrons. The molecule has 0 saturated heterocycles. The summed E-state index contributed by atoms with van der Waals surface area (Å²) in [6.45, 7) is 0. The van der Waals surface area contributed by atoms with Gasteiger partial charge in [-0.3, -0.25) is 0 Å². The largest absolute Gasteiger partial charge is 0.472 e. The molecule has 0 saturated carbocycles. The van der Waals surface area contributed by atoms with Crippen molar-refractivity contribution in [3.63, 3.8) is 0 Å². The van der Waals surface area contributed by atoms with Gasteiger partial charge in [0.15, 0.2) is 0 Å². The van der Waals surface area contributed by atoms with Gasteiger partial charge in [0.25, 0.3) is 0 Å². The van der Waals surface area contributed by atoms with Gasteiger partial charge in [-0.05, 0) is 12.1 Å². The molecule has 1 unspecified atom stereocenters. The molecule has 0 aliphatic carbocycles. The standard InChI is InChI=1S/C18H17F3N2O2/c1-23(2)16(24)22-14-9-6-10-15-13(14)11-17(25-15,18(19,20)21)12-7-4-3-5-8-12/h3-10H,11H2,1-2H3,(H,22,24). The van der Waals surface area contributed by atoms with E-state index in [2.05, 4.69) is 5.32 Å². The van der Waals surface area contributed by atoms with E-state index < -0.39 is 24.2 Å². The van der Waals surface area contributed by atoms with Gasteiger partial charge in [-0.1, -0.05) is 36.4 Å². The molecule has 1 N–H and O–H groups in total. The third-order valence-corrected chi connectivity index (χ3v) is 4.19. The third-order valence-electron chi connectivity index (χ3n) is 4.19. The van der Waals surface area contributed by atoms with Gasteiger partial charge in [-0.15, -0.1) is 0 Å². The predicted molar refractivity (Wildman–Crippen MR) is 87.7 cm³/mol. The Hall–Kier alpha value is -2.70. The van der Waals surface area contributed by atoms with E-state index in [1.54, 1.807) is 44.4 Å². The van der Waals surface area contributed by atoms with Gasteiger partial charge < -0.3 is 15.0 Å². The Labute approximate surface area is 143 Å². The molecule has 25 heavy (non-hydrogen) atoms. The molecular formula is C18H17F3N2O2. The summed E-state index contributed by atoms with van der Waals surface area (Å²) in [6, 6.07) is 11.7. The van der Waals surface area contributed by atoms with Gasteiger partial charge in [-0.25, -0.2) is 4.79 Å². The van der Waals surface area contributed by atoms with Gasteiger partial charge >= 0.3 is 12.2 Å². The van der Waals surface area contributed by atoms with Crippen molar-refractivity contribution in [2.45, 2.75) is 18.2 Å². The van der Waals surface area contributed by atoms with E-state index in [0.29, 0.717) is 11.3 Å². The van der Waals surface area contributed by atoms with Crippen LogP contribution in [-0.2, 0) is 12.0 Å². The van der Waals surface area contributed by atoms with Crippen LogP contribution < -0.4 is 10.1 Å². The third kappa shape index (κ3) is 2.90. The van der Waals surface area contributed by atoms with Crippen LogP contribution in [0.2, 0.25) is 0 Å². The average molecular weight is 350 g/mol. The summed E-state index contributed by atoms with van der Waals surface area (Å²) in [7, 11) is 3.11. The average Bonchev–Trinajstić information content (AvgIpc) is 2.97. The summed E-state index contributed by atoms with van der Waals surface area (Å²) in [5, 5.41) is 2.62. The number of carbonyl (C=O) groups is 1. The monoisotopic (exact) mass is 350 g/mol. The minimum absolute atomic E-state index is 0.0311. The fourth-order valence-electron chi connectivity index (χ4n) is 2.85. The van der Waals surface area contributed by atoms with E-state index in [0.717, 1.165) is 0 Å². The number of nitrogens with one attached hydrogen (secondary N) is 1. The van der Waals surface area contributed by atoms with E-state index in [1.807, 2.05) is 0 Å². The first-order valence-corrected chi connectivity index (χ1v) is 7.66. The second-order valence-corrected chi connectivity index (χ2v) is 6.08. The summed E-state index contributed by atoms with van der Waals surface area (Å²) in [5.41, 5.74) is -1.78. The smallest absolute Gasteiger partial charge is 0.432 e. The first-order chi connectivity index (χ1) is 11.7. The number of halogens is 3. The maximum Gasteiger partial charge on any atom is 0.432 e. The molecule has 1 heterocycles. The molecule has 2 aromatic rings. The van der Waals surface area contributed by atoms with Crippen molar-refractivity contribution in [3.05, 3.63) is 59.7 Å². The van der Waals surface area contributed by atoms with Gasteiger partial charge in [0.2, 0.25) is 5.60 Å². The number of alkyl halides is 3. The number of amides is 2. The number of anilines is 1. The Balaban J connectivity index is 2.05. The van der Waals surface area contributed by atoms with E-state index in [4.69, 9.17) is 4.74 Å². The molecule has 132 valence electrons. The second kappa shape index (κ2) is 5.98. The van der Waals surface area contributed by atoms with Crippen LogP contribution in [0.25, 0.3) is 0 Å². The van der Waals surface area contributed by atoms with Crippen LogP contribution in [0, 0.1) is 0 Å². The Morgan fingerprint density at radius 3 is 2.40 bits per heavy atom. The lowest BCUT2D eigenvalue weighted by molar-refractivity contribution is -0.248. The van der Waals surface area contributed by atoms with Crippen LogP contribution in [0.4, 0.5) is 23.7 Å². The summed E-state index contributed by atoms with van der Waals surface area (Å²) in [6.07, 6.45) is -5.02. The van der Waals surface area contributed by atoms with Crippen molar-refractivity contribution in [3.8, 4) is 5.75 Å². The SMILES string of the molecule is CN(C)C(=O)Nc1cccc2c1CC(c1ccccc1)(C(F)(F)F)O2. The number of ether oxygens (including phenoxy) is 1. The predicted octanol–water partition coefficient (Wildman–Crippen LogP) is 4.17. The van der Waals surface area contributed by atoms with Gasteiger partial charge in [0.05, 0.1) is 0 Å². The molecule has 1 atom stereocenters. The topological polar surface area (TPSA) is 41.6 Å². The maximum atomic E-state index is 14.0. The van der Waals surface area contributed by atoms with E-state index >= 15 is 0 Å². The molecule has 3 rings (SSSR count). The zero-order valence-electron chi connectivity index (χ0n) is 13.7. The zero-order chi connectivity index (χ0) is 18.2. The van der Waals surface area contributed by atoms with Crippen LogP contribution >= 0.6 is 0 Å². The number of carbonyl (C=O) groups excluding carboxylic acids is 1. The zero-order valence-corrected chi connectivity index (χ0v) is 13.7. The Morgan fingerprint density at radius 1 is 1.12 bits per heavy atom. The summed E-state index contributed by atoms with van der Waals surface area (Å²) in [4.78, 5) is 13.2. The van der Waals surface area contributed by atoms with Crippen LogP contribution in [0.15, 0.2) is 48.5 Å². The fraction of sp³-hybridized carbons (Fsp3) is 0.278. The number of hydrogen-bond acceptors (Lipinski definition) is 2. The first kappa shape index (κ1) is 17.1. The maximum absolute atomic E-state index is 14.0. The number of rotatable bonds is 2. The molecule has 1 aliphatic heterocycles. The molecule has 4 nitrogen and oxygen atoms in total. The van der Waals surface area contributed by atoms with Gasteiger partial charge in [0, 0.05) is 37.3 Å². The summed E-state index contributed by atoms with van der Waals surface area (Å²) < 4.78 is 47.3. The van der Waals surface area contributed by atoms with Crippen molar-refractivity contribution >= 4 is 11.7 Å². The van der Waals surface area contributed by atoms with Crippen LogP contribution in [0.5, 0.6) is 5.75 Å². The molecule has 2 amide bonds. The molecule has 0 bridgehead atoms. The number of nitrogens with zero attached hydrogens (tertiary/aromatic N) is 1. The van der Waals surface area contributed by atoms with E-state index in [9.17, 15) is 18.0 Å². The minimum atomic E-state index is -4.61. The molecule has 7 heteroatoms. The van der Waals surface area contributed by atoms with Crippen molar-refractivity contribution in [2.75, 3.05) is 19.4 Å². The molecule has 2 aromatic carbocycles.